The quantitative estimate of drug-likeness (QED) is 0.472. The van der Waals surface area contributed by atoms with E-state index in [1.54, 1.807) is 29.0 Å². The van der Waals surface area contributed by atoms with Crippen molar-refractivity contribution in [1.29, 1.82) is 0 Å². The molecule has 22 heavy (non-hydrogen) atoms. The molecule has 0 saturated heterocycles. The molecule has 116 valence electrons. The van der Waals surface area contributed by atoms with E-state index in [-0.39, 0.29) is 24.7 Å². The molecular weight excluding hydrogens is 368 g/mol. The Morgan fingerprint density at radius 3 is 2.64 bits per heavy atom. The number of rotatable bonds is 6. The van der Waals surface area contributed by atoms with Crippen LogP contribution in [0.1, 0.15) is 23.0 Å². The number of halogens is 1. The lowest BCUT2D eigenvalue weighted by atomic mass is 10.1. The summed E-state index contributed by atoms with van der Waals surface area (Å²) in [7, 11) is 0. The average molecular weight is 384 g/mol. The minimum Gasteiger partial charge on any atom is -0.466 e. The zero-order chi connectivity index (χ0) is 16.1. The van der Waals surface area contributed by atoms with Crippen LogP contribution < -0.4 is 10.3 Å². The van der Waals surface area contributed by atoms with Gasteiger partial charge < -0.3 is 4.74 Å². The first-order valence-electron chi connectivity index (χ1n) is 6.71. The van der Waals surface area contributed by atoms with Crippen molar-refractivity contribution in [3.63, 3.8) is 0 Å². The Bertz CT molecular complexity index is 683. The number of hydrogen-bond acceptors (Lipinski definition) is 5. The van der Waals surface area contributed by atoms with E-state index < -0.39 is 0 Å². The second-order valence-electron chi connectivity index (χ2n) is 4.56. The van der Waals surface area contributed by atoms with Gasteiger partial charge in [-0.15, -0.1) is 0 Å². The van der Waals surface area contributed by atoms with Crippen molar-refractivity contribution < 1.29 is 18.9 Å². The van der Waals surface area contributed by atoms with Crippen molar-refractivity contribution >= 4 is 44.2 Å². The minimum absolute atomic E-state index is 0.0623. The first kappa shape index (κ1) is 16.6. The Kier molecular flexibility index (Phi) is 5.68. The van der Waals surface area contributed by atoms with E-state index in [9.17, 15) is 9.59 Å². The van der Waals surface area contributed by atoms with E-state index in [1.165, 1.54) is 11.3 Å². The first-order chi connectivity index (χ1) is 10.5. The van der Waals surface area contributed by atoms with Gasteiger partial charge in [0.1, 0.15) is 12.1 Å². The number of aromatic nitrogens is 1. The minimum atomic E-state index is -0.329. The molecule has 0 atom stereocenters. The van der Waals surface area contributed by atoms with E-state index >= 15 is 0 Å². The number of Topliss-reactive ketones (excluding diaryl/α,β-unsaturated/α-hetero) is 1. The van der Waals surface area contributed by atoms with Gasteiger partial charge in [0.15, 0.2) is 6.54 Å². The number of nitrogens with zero attached hydrogens (tertiary/aromatic N) is 1. The number of carbonyl (C=O) groups excluding carboxylic acids is 2. The smallest absolute Gasteiger partial charge is 0.332 e. The van der Waals surface area contributed by atoms with Crippen molar-refractivity contribution in [2.75, 3.05) is 12.3 Å². The molecule has 0 aliphatic heterocycles. The Morgan fingerprint density at radius 1 is 1.32 bits per heavy atom. The average Bonchev–Trinajstić information content (AvgIpc) is 2.81. The number of thiazole rings is 1. The molecule has 0 radical (unpaired) electrons. The zero-order valence-electron chi connectivity index (χ0n) is 12.0. The van der Waals surface area contributed by atoms with Crippen LogP contribution in [-0.4, -0.2) is 18.4 Å². The highest BCUT2D eigenvalue weighted by atomic mass is 79.9. The van der Waals surface area contributed by atoms with Crippen LogP contribution in [0.5, 0.6) is 0 Å². The molecule has 2 N–H and O–H groups in total. The number of nitrogen functional groups attached to an aromatic ring is 1. The third-order valence-electron chi connectivity index (χ3n) is 3.03. The van der Waals surface area contributed by atoms with Crippen molar-refractivity contribution in [2.45, 2.75) is 19.9 Å². The van der Waals surface area contributed by atoms with E-state index in [0.29, 0.717) is 23.0 Å². The molecule has 0 bridgehead atoms. The van der Waals surface area contributed by atoms with Crippen LogP contribution in [0.4, 0.5) is 5.13 Å². The maximum atomic E-state index is 12.3. The Balaban J connectivity index is 2.15. The van der Waals surface area contributed by atoms with Gasteiger partial charge in [-0.3, -0.25) is 15.3 Å². The summed E-state index contributed by atoms with van der Waals surface area (Å²) < 4.78 is 7.50. The molecule has 0 unspecified atom stereocenters. The van der Waals surface area contributed by atoms with Gasteiger partial charge in [0.25, 0.3) is 0 Å². The maximum Gasteiger partial charge on any atom is 0.332 e. The van der Waals surface area contributed by atoms with Gasteiger partial charge in [-0.2, -0.15) is 0 Å². The summed E-state index contributed by atoms with van der Waals surface area (Å²) in [5.41, 5.74) is 7.20. The fourth-order valence-corrected chi connectivity index (χ4v) is 2.99. The van der Waals surface area contributed by atoms with E-state index in [2.05, 4.69) is 15.9 Å². The topological polar surface area (TPSA) is 73.3 Å². The van der Waals surface area contributed by atoms with Gasteiger partial charge in [-0.25, -0.2) is 4.57 Å². The Hall–Kier alpha value is -1.73. The van der Waals surface area contributed by atoms with Gasteiger partial charge in [-0.05, 0) is 19.1 Å². The van der Waals surface area contributed by atoms with E-state index in [0.717, 1.165) is 4.47 Å². The molecule has 7 heteroatoms. The summed E-state index contributed by atoms with van der Waals surface area (Å²) in [6.45, 7) is 2.19. The maximum absolute atomic E-state index is 12.3. The lowest BCUT2D eigenvalue weighted by Gasteiger charge is -2.04. The lowest BCUT2D eigenvalue weighted by molar-refractivity contribution is -0.671. The highest BCUT2D eigenvalue weighted by Gasteiger charge is 2.21. The largest absolute Gasteiger partial charge is 0.466 e. The highest BCUT2D eigenvalue weighted by Crippen LogP contribution is 2.13. The second-order valence-corrected chi connectivity index (χ2v) is 6.37. The van der Waals surface area contributed by atoms with Gasteiger partial charge in [0, 0.05) is 15.4 Å². The molecule has 1 aromatic heterocycles. The summed E-state index contributed by atoms with van der Waals surface area (Å²) in [5, 5.41) is 2.27. The van der Waals surface area contributed by atoms with Crippen LogP contribution >= 0.6 is 27.3 Å². The standard InChI is InChI=1S/C15H15BrN2O3S/c1-2-21-14(20)7-12-9-22-15(17)18(12)8-13(19)10-3-5-11(16)6-4-10/h3-6,9,17H,2,7-8H2,1H3/p+1. The summed E-state index contributed by atoms with van der Waals surface area (Å²) in [6.07, 6.45) is 0.106. The van der Waals surface area contributed by atoms with Crippen molar-refractivity contribution in [2.24, 2.45) is 0 Å². The predicted molar refractivity (Wildman–Crippen MR) is 87.7 cm³/mol. The highest BCUT2D eigenvalue weighted by molar-refractivity contribution is 9.10. The number of esters is 1. The third-order valence-corrected chi connectivity index (χ3v) is 4.41. The molecule has 1 heterocycles. The summed E-state index contributed by atoms with van der Waals surface area (Å²) in [5.74, 6) is -0.391. The normalized spacial score (nSPS) is 10.5. The van der Waals surface area contributed by atoms with Crippen molar-refractivity contribution in [3.8, 4) is 0 Å². The van der Waals surface area contributed by atoms with E-state index in [4.69, 9.17) is 10.5 Å². The third kappa shape index (κ3) is 4.14. The summed E-state index contributed by atoms with van der Waals surface area (Å²) in [6, 6.07) is 7.13. The second kappa shape index (κ2) is 7.51. The SMILES string of the molecule is CCOC(=O)Cc1csc(N)[n+]1CC(=O)c1ccc(Br)cc1. The first-order valence-corrected chi connectivity index (χ1v) is 8.38. The number of nitrogens with two attached hydrogens (primary N) is 1. The number of ketones is 1. The molecule has 2 rings (SSSR count). The number of ether oxygens (including phenoxy) is 1. The number of anilines is 1. The van der Waals surface area contributed by atoms with Crippen LogP contribution in [0.3, 0.4) is 0 Å². The summed E-state index contributed by atoms with van der Waals surface area (Å²) in [4.78, 5) is 23.9. The molecule has 0 spiro atoms. The number of carbonyl (C=O) groups is 2. The fourth-order valence-electron chi connectivity index (χ4n) is 1.94. The van der Waals surface area contributed by atoms with Gasteiger partial charge in [0.05, 0.1) is 6.61 Å². The Labute approximate surface area is 140 Å². The molecule has 0 amide bonds. The molecule has 2 aromatic rings. The van der Waals surface area contributed by atoms with Crippen LogP contribution in [-0.2, 0) is 22.5 Å². The lowest BCUT2D eigenvalue weighted by Crippen LogP contribution is -2.43. The zero-order valence-corrected chi connectivity index (χ0v) is 14.4. The van der Waals surface area contributed by atoms with Crippen molar-refractivity contribution in [3.05, 3.63) is 45.4 Å². The van der Waals surface area contributed by atoms with Crippen LogP contribution in [0.15, 0.2) is 34.1 Å². The molecule has 0 aliphatic rings. The van der Waals surface area contributed by atoms with Crippen LogP contribution in [0.25, 0.3) is 0 Å². The molecule has 0 saturated carbocycles. The van der Waals surface area contributed by atoms with Crippen LogP contribution in [0, 0.1) is 0 Å². The molecule has 0 fully saturated rings. The Morgan fingerprint density at radius 2 is 2.00 bits per heavy atom. The van der Waals surface area contributed by atoms with Gasteiger partial charge in [-0.1, -0.05) is 39.4 Å². The predicted octanol–water partition coefficient (Wildman–Crippen LogP) is 2.37. The van der Waals surface area contributed by atoms with E-state index in [1.807, 2.05) is 12.1 Å². The number of benzene rings is 1. The van der Waals surface area contributed by atoms with Gasteiger partial charge in [0.2, 0.25) is 5.78 Å². The molecule has 5 nitrogen and oxygen atoms in total. The molecular formula is C15H16BrN2O3S+. The number of hydrogen-bond donors (Lipinski definition) is 1. The molecule has 0 aliphatic carbocycles. The monoisotopic (exact) mass is 383 g/mol. The summed E-state index contributed by atoms with van der Waals surface area (Å²) >= 11 is 4.64. The van der Waals surface area contributed by atoms with Crippen molar-refractivity contribution in [1.82, 2.24) is 0 Å². The van der Waals surface area contributed by atoms with Gasteiger partial charge >= 0.3 is 11.1 Å². The fraction of sp³-hybridized carbons (Fsp3) is 0.267. The van der Waals surface area contributed by atoms with Crippen LogP contribution in [0.2, 0.25) is 0 Å². The molecule has 1 aromatic carbocycles.